The molecule has 29 nitrogen and oxygen atoms in total. The van der Waals surface area contributed by atoms with Gasteiger partial charge in [-0.05, 0) is 80.7 Å². The highest BCUT2D eigenvalue weighted by atomic mass is 35.5. The van der Waals surface area contributed by atoms with E-state index in [1.54, 1.807) is 36.4 Å². The van der Waals surface area contributed by atoms with Crippen molar-refractivity contribution in [1.29, 1.82) is 0 Å². The van der Waals surface area contributed by atoms with Gasteiger partial charge in [-0.1, -0.05) is 48.0 Å². The van der Waals surface area contributed by atoms with Crippen LogP contribution in [0.1, 0.15) is 120 Å². The SMILES string of the molecule is Nc1nc(NCc2c(F)cc(F)cc2F)cc(Nc2cc(C3CC3)[nH]n2)n1.Nc1nc(NCc2ccc(F)cc2Cl)cc(Nc2cc(C3CC3)[nH]n2)n1.Nc1nc(NCc2ccc(F)cc2F)cc(Nc2cc(C3CC3)[nH]n2)n1.[C-]#[N+]c1ccc(CNc2cc(Nc3cc(C4CC4)[nH]n3)nc(N)n2)cc1. The van der Waals surface area contributed by atoms with Crippen LogP contribution in [0, 0.1) is 41.5 Å². The van der Waals surface area contributed by atoms with Crippen LogP contribution in [0.4, 0.5) is 126 Å². The summed E-state index contributed by atoms with van der Waals surface area (Å²) in [5, 5.41) is 53.7. The molecule has 538 valence electrons. The van der Waals surface area contributed by atoms with Crippen molar-refractivity contribution in [2.45, 2.75) is 101 Å². The number of benzene rings is 4. The number of aromatic amines is 4. The molecule has 0 spiro atoms. The van der Waals surface area contributed by atoms with Crippen LogP contribution in [0.15, 0.2) is 121 Å². The molecule has 16 rings (SSSR count). The minimum atomic E-state index is -0.982. The molecule has 20 N–H and O–H groups in total. The van der Waals surface area contributed by atoms with Gasteiger partial charge in [-0.25, -0.2) is 31.2 Å². The quantitative estimate of drug-likeness (QED) is 0.0197. The molecule has 0 unspecified atom stereocenters. The summed E-state index contributed by atoms with van der Waals surface area (Å²) in [6, 6.07) is 30.8. The van der Waals surface area contributed by atoms with Crippen LogP contribution in [-0.4, -0.2) is 80.7 Å². The second-order valence-electron chi connectivity index (χ2n) is 24.9. The van der Waals surface area contributed by atoms with Gasteiger partial charge in [-0.2, -0.15) is 60.3 Å². The van der Waals surface area contributed by atoms with Crippen LogP contribution < -0.4 is 65.5 Å². The largest absolute Gasteiger partial charge is 0.368 e. The minimum absolute atomic E-state index is 0.0273. The Morgan fingerprint density at radius 2 is 0.686 bits per heavy atom. The Hall–Kier alpha value is -13.0. The average Bonchev–Trinajstić information content (AvgIpc) is 1.67. The molecule has 4 saturated carbocycles. The van der Waals surface area contributed by atoms with Crippen LogP contribution in [0.2, 0.25) is 5.02 Å². The predicted octanol–water partition coefficient (Wildman–Crippen LogP) is 14.1. The van der Waals surface area contributed by atoms with Crippen LogP contribution in [0.25, 0.3) is 4.85 Å². The van der Waals surface area contributed by atoms with Crippen molar-refractivity contribution in [2.75, 3.05) is 65.5 Å². The predicted molar refractivity (Wildman–Crippen MR) is 387 cm³/mol. The summed E-state index contributed by atoms with van der Waals surface area (Å²) in [5.74, 6) is 4.46. The van der Waals surface area contributed by atoms with Gasteiger partial charge in [0.1, 0.15) is 81.4 Å². The Kier molecular flexibility index (Phi) is 21.4. The van der Waals surface area contributed by atoms with Crippen molar-refractivity contribution in [3.63, 3.8) is 0 Å². The topological polar surface area (TPSA) is 423 Å². The van der Waals surface area contributed by atoms with Crippen molar-refractivity contribution in [2.24, 2.45) is 0 Å². The molecule has 4 fully saturated rings. The van der Waals surface area contributed by atoms with Gasteiger partial charge < -0.3 is 65.5 Å². The van der Waals surface area contributed by atoms with Crippen molar-refractivity contribution >= 4 is 111 Å². The molecule has 0 amide bonds. The first-order valence-corrected chi connectivity index (χ1v) is 33.5. The van der Waals surface area contributed by atoms with Gasteiger partial charge in [-0.15, -0.1) is 0 Å². The molecule has 0 radical (unpaired) electrons. The third-order valence-electron chi connectivity index (χ3n) is 16.5. The summed E-state index contributed by atoms with van der Waals surface area (Å²) >= 11 is 6.04. The van der Waals surface area contributed by atoms with E-state index >= 15 is 0 Å². The fourth-order valence-corrected chi connectivity index (χ4v) is 10.8. The fraction of sp³-hybridized carbons (Fsp3) is 0.232. The molecule has 105 heavy (non-hydrogen) atoms. The zero-order chi connectivity index (χ0) is 73.1. The van der Waals surface area contributed by atoms with E-state index in [1.165, 1.54) is 68.9 Å². The summed E-state index contributed by atoms with van der Waals surface area (Å²) in [7, 11) is 0. The Morgan fingerprint density at radius 1 is 0.362 bits per heavy atom. The minimum Gasteiger partial charge on any atom is -0.368 e. The first-order valence-electron chi connectivity index (χ1n) is 33.1. The second kappa shape index (κ2) is 31.9. The number of anilines is 16. The van der Waals surface area contributed by atoms with Gasteiger partial charge >= 0.3 is 0 Å². The monoisotopic (exact) mass is 1450 g/mol. The lowest BCUT2D eigenvalue weighted by Crippen LogP contribution is -2.09. The van der Waals surface area contributed by atoms with Gasteiger partial charge in [0, 0.05) is 156 Å². The summed E-state index contributed by atoms with van der Waals surface area (Å²) in [6.07, 6.45) is 9.47. The number of H-pyrrole nitrogens is 4. The number of nitrogens with zero attached hydrogens (tertiary/aromatic N) is 13. The lowest BCUT2D eigenvalue weighted by Gasteiger charge is -2.10. The maximum Gasteiger partial charge on any atom is 0.223 e. The molecule has 0 saturated heterocycles. The maximum atomic E-state index is 13.7. The van der Waals surface area contributed by atoms with Crippen LogP contribution >= 0.6 is 11.6 Å². The van der Waals surface area contributed by atoms with Crippen LogP contribution in [-0.2, 0) is 26.2 Å². The molecule has 0 aliphatic heterocycles. The molecular formula is C69H68ClF6N29. The highest BCUT2D eigenvalue weighted by Gasteiger charge is 2.29. The normalized spacial score (nSPS) is 13.5. The molecule has 0 atom stereocenters. The van der Waals surface area contributed by atoms with E-state index in [-0.39, 0.29) is 54.1 Å². The number of hydrogen-bond acceptors (Lipinski definition) is 24. The van der Waals surface area contributed by atoms with E-state index in [1.807, 2.05) is 36.4 Å². The van der Waals surface area contributed by atoms with E-state index in [0.717, 1.165) is 52.8 Å². The van der Waals surface area contributed by atoms with E-state index in [4.69, 9.17) is 41.1 Å². The smallest absolute Gasteiger partial charge is 0.223 e. The number of aromatic nitrogens is 16. The Balaban J connectivity index is 0.000000124. The maximum absolute atomic E-state index is 13.7. The number of hydrogen-bond donors (Lipinski definition) is 16. The van der Waals surface area contributed by atoms with E-state index < -0.39 is 29.1 Å². The lowest BCUT2D eigenvalue weighted by molar-refractivity contribution is 0.526. The van der Waals surface area contributed by atoms with E-state index in [0.29, 0.717) is 129 Å². The molecule has 4 aromatic carbocycles. The highest BCUT2D eigenvalue weighted by molar-refractivity contribution is 6.31. The van der Waals surface area contributed by atoms with Gasteiger partial charge in [0.25, 0.3) is 0 Å². The van der Waals surface area contributed by atoms with Gasteiger partial charge in [0.15, 0.2) is 29.0 Å². The molecular weight excluding hydrogens is 1380 g/mol. The fourth-order valence-electron chi connectivity index (χ4n) is 10.5. The number of nitrogens with two attached hydrogens (primary N) is 4. The average molecular weight is 1450 g/mol. The first-order chi connectivity index (χ1) is 50.8. The number of halogens is 7. The lowest BCUT2D eigenvalue weighted by atomic mass is 10.2. The Labute approximate surface area is 599 Å². The zero-order valence-corrected chi connectivity index (χ0v) is 56.4. The van der Waals surface area contributed by atoms with E-state index in [2.05, 4.69) is 128 Å². The molecule has 0 bridgehead atoms. The number of rotatable bonds is 24. The molecule has 8 heterocycles. The molecule has 36 heteroatoms. The zero-order valence-electron chi connectivity index (χ0n) is 55.6. The van der Waals surface area contributed by atoms with Crippen molar-refractivity contribution in [1.82, 2.24) is 80.7 Å². The molecule has 4 aliphatic rings. The molecule has 8 aromatic heterocycles. The first kappa shape index (κ1) is 70.4. The second-order valence-corrected chi connectivity index (χ2v) is 25.3. The third-order valence-corrected chi connectivity index (χ3v) is 16.9. The third kappa shape index (κ3) is 20.2. The van der Waals surface area contributed by atoms with Gasteiger partial charge in [0.2, 0.25) is 23.8 Å². The Morgan fingerprint density at radius 3 is 1.04 bits per heavy atom. The van der Waals surface area contributed by atoms with Crippen LogP contribution in [0.3, 0.4) is 0 Å². The molecule has 4 aliphatic carbocycles. The number of nitrogens with one attached hydrogen (secondary N) is 12. The van der Waals surface area contributed by atoms with Crippen LogP contribution in [0.5, 0.6) is 0 Å². The van der Waals surface area contributed by atoms with Crippen molar-refractivity contribution in [3.05, 3.63) is 218 Å². The number of nitrogen functional groups attached to an aromatic ring is 4. The van der Waals surface area contributed by atoms with Gasteiger partial charge in [-0.3, -0.25) is 20.4 Å². The summed E-state index contributed by atoms with van der Waals surface area (Å²) in [5.41, 5.74) is 29.9. The van der Waals surface area contributed by atoms with Gasteiger partial charge in [0.05, 0.1) is 6.57 Å². The summed E-state index contributed by atoms with van der Waals surface area (Å²) in [6.45, 7) is 7.83. The van der Waals surface area contributed by atoms with Crippen molar-refractivity contribution in [3.8, 4) is 0 Å². The van der Waals surface area contributed by atoms with E-state index in [9.17, 15) is 26.3 Å². The Bertz CT molecular complexity index is 4890. The summed E-state index contributed by atoms with van der Waals surface area (Å²) in [4.78, 5) is 36.4. The molecule has 12 aromatic rings. The van der Waals surface area contributed by atoms with Crippen molar-refractivity contribution < 1.29 is 26.3 Å². The summed E-state index contributed by atoms with van der Waals surface area (Å²) < 4.78 is 80.2. The highest BCUT2D eigenvalue weighted by Crippen LogP contribution is 2.42. The standard InChI is InChI=1S/C18H18N8.C17H17ClFN7.C17H16F3N7.C17H17F2N7/c1-20-13-6-2-11(3-7-13)10-21-15-9-16(24-18(19)23-15)22-17-8-14(25-26-17)12-4-5-12;18-12-5-11(19)4-3-10(12)8-21-14-7-15(24-17(20)23-14)22-16-6-13(25-26-16)9-1-2-9;18-9-3-11(19)10(12(20)4-9)7-22-14-6-15(25-17(21)24-14)23-16-5-13(26-27-16)8-1-2-8;18-11-4-3-10(12(19)5-11)8-21-14-7-15(24-17(20)23-14)22-16-6-13(25-26-16)9-1-2-9/h2-3,6-9,12H,4-5,10H2,(H5,19,21,22,23,24,25,26);3-7,9H,1-2,8H2,(H5,20,21,22,23,24,25,26);3-6,8H,1-2,7H2,(H5,21,22,23,24,25,26,27);3-7,9H,1-2,8H2,(H5,20,21,22,23,24,25,26).